The van der Waals surface area contributed by atoms with Crippen molar-refractivity contribution in [1.29, 1.82) is 0 Å². The van der Waals surface area contributed by atoms with E-state index in [9.17, 15) is 9.59 Å². The Bertz CT molecular complexity index is 816. The summed E-state index contributed by atoms with van der Waals surface area (Å²) in [6.45, 7) is 6.57. The Morgan fingerprint density at radius 3 is 2.28 bits per heavy atom. The van der Waals surface area contributed by atoms with Crippen LogP contribution in [-0.2, 0) is 14.9 Å². The van der Waals surface area contributed by atoms with Gasteiger partial charge in [0, 0.05) is 11.5 Å². The fourth-order valence-electron chi connectivity index (χ4n) is 4.42. The van der Waals surface area contributed by atoms with E-state index in [0.29, 0.717) is 11.5 Å². The zero-order valence-electron chi connectivity index (χ0n) is 17.6. The number of carbonyl (C=O) groups excluding carboxylic acids is 2. The molecule has 1 aliphatic carbocycles. The van der Waals surface area contributed by atoms with E-state index in [1.165, 1.54) is 5.56 Å². The van der Waals surface area contributed by atoms with Crippen LogP contribution in [0.15, 0.2) is 60.7 Å². The Balaban J connectivity index is 1.64. The minimum Gasteiger partial charge on any atom is -0.461 e. The lowest BCUT2D eigenvalue weighted by Gasteiger charge is -2.44. The van der Waals surface area contributed by atoms with Crippen LogP contribution in [0.1, 0.15) is 56.0 Å². The second kappa shape index (κ2) is 9.25. The fraction of sp³-hybridized carbons (Fsp3) is 0.440. The molecule has 0 saturated heterocycles. The van der Waals surface area contributed by atoms with Crippen molar-refractivity contribution in [1.82, 2.24) is 5.32 Å². The number of nitrogens with one attached hydrogen (secondary N) is 1. The highest BCUT2D eigenvalue weighted by Crippen LogP contribution is 2.43. The lowest BCUT2D eigenvalue weighted by atomic mass is 9.64. The lowest BCUT2D eigenvalue weighted by molar-refractivity contribution is -0.155. The van der Waals surface area contributed by atoms with Crippen molar-refractivity contribution in [2.24, 2.45) is 11.8 Å². The summed E-state index contributed by atoms with van der Waals surface area (Å²) in [6.07, 6.45) is 2.88. The molecule has 154 valence electrons. The molecule has 0 spiro atoms. The molecule has 0 unspecified atom stereocenters. The van der Waals surface area contributed by atoms with Crippen molar-refractivity contribution in [3.63, 3.8) is 0 Å². The van der Waals surface area contributed by atoms with Crippen LogP contribution in [0.25, 0.3) is 0 Å². The Kier molecular flexibility index (Phi) is 6.73. The van der Waals surface area contributed by atoms with Gasteiger partial charge in [0.05, 0.1) is 0 Å². The lowest BCUT2D eigenvalue weighted by Crippen LogP contribution is -2.44. The summed E-state index contributed by atoms with van der Waals surface area (Å²) in [4.78, 5) is 24.7. The van der Waals surface area contributed by atoms with Crippen LogP contribution in [0.4, 0.5) is 0 Å². The van der Waals surface area contributed by atoms with Crippen LogP contribution in [0.3, 0.4) is 0 Å². The standard InChI is InChI=1S/C25H31NO3/c1-18-14-15-21(25(2,3)20-12-8-5-9-13-20)22(16-18)29-23(27)17-26-24(28)19-10-6-4-7-11-19/h4-13,18,21-22H,14-17H2,1-3H3,(H,26,28)/t18-,21-,22-/m1/s1. The van der Waals surface area contributed by atoms with E-state index in [0.717, 1.165) is 19.3 Å². The summed E-state index contributed by atoms with van der Waals surface area (Å²) >= 11 is 0. The smallest absolute Gasteiger partial charge is 0.325 e. The van der Waals surface area contributed by atoms with Crippen molar-refractivity contribution in [3.05, 3.63) is 71.8 Å². The van der Waals surface area contributed by atoms with Gasteiger partial charge in [-0.2, -0.15) is 0 Å². The van der Waals surface area contributed by atoms with E-state index in [-0.39, 0.29) is 35.9 Å². The third kappa shape index (κ3) is 5.26. The zero-order chi connectivity index (χ0) is 20.9. The van der Waals surface area contributed by atoms with Gasteiger partial charge >= 0.3 is 5.97 Å². The molecule has 0 aliphatic heterocycles. The van der Waals surface area contributed by atoms with Gasteiger partial charge < -0.3 is 10.1 Å². The summed E-state index contributed by atoms with van der Waals surface area (Å²) in [5.74, 6) is 0.132. The SMILES string of the molecule is C[C@@H]1CC[C@@H](C(C)(C)c2ccccc2)[C@H](OC(=O)CNC(=O)c2ccccc2)C1. The van der Waals surface area contributed by atoms with Crippen LogP contribution < -0.4 is 5.32 Å². The molecule has 3 atom stereocenters. The molecule has 1 saturated carbocycles. The van der Waals surface area contributed by atoms with E-state index in [1.807, 2.05) is 12.1 Å². The van der Waals surface area contributed by atoms with Crippen molar-refractivity contribution >= 4 is 11.9 Å². The maximum atomic E-state index is 12.5. The number of hydrogen-bond acceptors (Lipinski definition) is 3. The molecular weight excluding hydrogens is 362 g/mol. The Hall–Kier alpha value is -2.62. The van der Waals surface area contributed by atoms with Crippen LogP contribution >= 0.6 is 0 Å². The molecule has 0 heterocycles. The molecule has 0 aromatic heterocycles. The van der Waals surface area contributed by atoms with E-state index in [1.54, 1.807) is 24.3 Å². The minimum absolute atomic E-state index is 0.0976. The summed E-state index contributed by atoms with van der Waals surface area (Å²) in [5, 5.41) is 2.67. The molecule has 3 rings (SSSR count). The summed E-state index contributed by atoms with van der Waals surface area (Å²) in [5.41, 5.74) is 1.70. The topological polar surface area (TPSA) is 55.4 Å². The quantitative estimate of drug-likeness (QED) is 0.721. The van der Waals surface area contributed by atoms with Gasteiger partial charge in [-0.15, -0.1) is 0 Å². The van der Waals surface area contributed by atoms with Gasteiger partial charge in [0.15, 0.2) is 0 Å². The molecule has 1 amide bonds. The molecule has 4 nitrogen and oxygen atoms in total. The molecule has 0 bridgehead atoms. The Labute approximate surface area is 173 Å². The highest BCUT2D eigenvalue weighted by atomic mass is 16.5. The predicted octanol–water partition coefficient (Wildman–Crippen LogP) is 4.74. The molecule has 1 aliphatic rings. The Morgan fingerprint density at radius 2 is 1.62 bits per heavy atom. The second-order valence-electron chi connectivity index (χ2n) is 8.69. The van der Waals surface area contributed by atoms with Crippen LogP contribution in [0.2, 0.25) is 0 Å². The molecule has 1 N–H and O–H groups in total. The van der Waals surface area contributed by atoms with Gasteiger partial charge in [0.25, 0.3) is 5.91 Å². The number of hydrogen-bond donors (Lipinski definition) is 1. The molecule has 4 heteroatoms. The summed E-state index contributed by atoms with van der Waals surface area (Å²) in [6, 6.07) is 19.3. The first kappa shape index (κ1) is 21.1. The van der Waals surface area contributed by atoms with Gasteiger partial charge in [-0.05, 0) is 41.9 Å². The summed E-state index contributed by atoms with van der Waals surface area (Å²) in [7, 11) is 0. The van der Waals surface area contributed by atoms with Crippen LogP contribution in [0, 0.1) is 11.8 Å². The molecule has 1 fully saturated rings. The normalized spacial score (nSPS) is 22.0. The monoisotopic (exact) mass is 393 g/mol. The van der Waals surface area contributed by atoms with E-state index >= 15 is 0 Å². The van der Waals surface area contributed by atoms with Crippen molar-refractivity contribution < 1.29 is 14.3 Å². The zero-order valence-corrected chi connectivity index (χ0v) is 17.6. The number of benzene rings is 2. The average Bonchev–Trinajstić information content (AvgIpc) is 2.73. The van der Waals surface area contributed by atoms with Gasteiger partial charge in [0.2, 0.25) is 0 Å². The average molecular weight is 394 g/mol. The number of rotatable bonds is 6. The summed E-state index contributed by atoms with van der Waals surface area (Å²) < 4.78 is 5.91. The largest absolute Gasteiger partial charge is 0.461 e. The first-order chi connectivity index (χ1) is 13.9. The number of ether oxygens (including phenoxy) is 1. The fourth-order valence-corrected chi connectivity index (χ4v) is 4.42. The molecule has 2 aromatic rings. The number of esters is 1. The maximum Gasteiger partial charge on any atom is 0.325 e. The van der Waals surface area contributed by atoms with Crippen LogP contribution in [0.5, 0.6) is 0 Å². The predicted molar refractivity (Wildman–Crippen MR) is 115 cm³/mol. The second-order valence-corrected chi connectivity index (χ2v) is 8.69. The Morgan fingerprint density at radius 1 is 1.00 bits per heavy atom. The van der Waals surface area contributed by atoms with E-state index < -0.39 is 0 Å². The third-order valence-corrected chi connectivity index (χ3v) is 6.21. The van der Waals surface area contributed by atoms with Gasteiger partial charge in [0.1, 0.15) is 12.6 Å². The highest BCUT2D eigenvalue weighted by Gasteiger charge is 2.41. The number of amides is 1. The van der Waals surface area contributed by atoms with Crippen molar-refractivity contribution in [2.75, 3.05) is 6.54 Å². The first-order valence-corrected chi connectivity index (χ1v) is 10.5. The van der Waals surface area contributed by atoms with Crippen LogP contribution in [-0.4, -0.2) is 24.5 Å². The van der Waals surface area contributed by atoms with E-state index in [2.05, 4.69) is 50.4 Å². The van der Waals surface area contributed by atoms with Crippen molar-refractivity contribution in [3.8, 4) is 0 Å². The third-order valence-electron chi connectivity index (χ3n) is 6.21. The highest BCUT2D eigenvalue weighted by molar-refractivity contribution is 5.95. The first-order valence-electron chi connectivity index (χ1n) is 10.5. The molecule has 0 radical (unpaired) electrons. The van der Waals surface area contributed by atoms with Crippen molar-refractivity contribution in [2.45, 2.75) is 51.6 Å². The number of carbonyl (C=O) groups is 2. The minimum atomic E-state index is -0.373. The molecule has 29 heavy (non-hydrogen) atoms. The van der Waals surface area contributed by atoms with Gasteiger partial charge in [-0.1, -0.05) is 75.7 Å². The maximum absolute atomic E-state index is 12.5. The molecule has 2 aromatic carbocycles. The van der Waals surface area contributed by atoms with Gasteiger partial charge in [-0.25, -0.2) is 0 Å². The van der Waals surface area contributed by atoms with Gasteiger partial charge in [-0.3, -0.25) is 9.59 Å². The molecular formula is C25H31NO3. The van der Waals surface area contributed by atoms with E-state index in [4.69, 9.17) is 4.74 Å².